The van der Waals surface area contributed by atoms with E-state index in [1.165, 1.54) is 0 Å². The van der Waals surface area contributed by atoms with Gasteiger partial charge in [0.25, 0.3) is 0 Å². The molecule has 0 bridgehead atoms. The van der Waals surface area contributed by atoms with Crippen molar-refractivity contribution in [3.63, 3.8) is 0 Å². The lowest BCUT2D eigenvalue weighted by molar-refractivity contribution is -0.157. The zero-order valence-corrected chi connectivity index (χ0v) is 18.7. The zero-order valence-electron chi connectivity index (χ0n) is 17.9. The van der Waals surface area contributed by atoms with Crippen LogP contribution in [0.25, 0.3) is 0 Å². The minimum Gasteiger partial charge on any atom is -0.481 e. The fraction of sp³-hybridized carbons (Fsp3) is 0.850. The smallest absolute Gasteiger partial charge is 0.408 e. The maximum Gasteiger partial charge on any atom is 0.408 e. The topological polar surface area (TPSA) is 102 Å². The van der Waals surface area contributed by atoms with Gasteiger partial charge in [0.2, 0.25) is 0 Å². The third-order valence-corrected chi connectivity index (χ3v) is 5.44. The fourth-order valence-electron chi connectivity index (χ4n) is 2.82. The van der Waals surface area contributed by atoms with E-state index in [4.69, 9.17) is 9.47 Å². The third kappa shape index (κ3) is 8.71. The number of esters is 1. The summed E-state index contributed by atoms with van der Waals surface area (Å²) in [6.07, 6.45) is 2.81. The molecule has 0 spiro atoms. The van der Waals surface area contributed by atoms with Crippen LogP contribution in [0.1, 0.15) is 73.6 Å². The summed E-state index contributed by atoms with van der Waals surface area (Å²) < 4.78 is 10.6. The summed E-state index contributed by atoms with van der Waals surface area (Å²) in [5.41, 5.74) is -1.88. The van der Waals surface area contributed by atoms with Crippen LogP contribution in [0, 0.1) is 5.41 Å². The van der Waals surface area contributed by atoms with Crippen molar-refractivity contribution in [2.24, 2.45) is 5.41 Å². The number of nitrogens with one attached hydrogen (secondary N) is 1. The first-order chi connectivity index (χ1) is 12.7. The lowest BCUT2D eigenvalue weighted by atomic mass is 9.67. The number of alkyl carbamates (subject to hydrolysis) is 1. The molecule has 1 aliphatic rings. The van der Waals surface area contributed by atoms with Crippen molar-refractivity contribution in [2.75, 3.05) is 11.5 Å². The molecule has 1 rings (SSSR count). The van der Waals surface area contributed by atoms with Crippen LogP contribution in [-0.4, -0.2) is 51.9 Å². The predicted molar refractivity (Wildman–Crippen MR) is 109 cm³/mol. The summed E-state index contributed by atoms with van der Waals surface area (Å²) in [4.78, 5) is 35.9. The number of amides is 1. The van der Waals surface area contributed by atoms with Crippen LogP contribution in [0.2, 0.25) is 0 Å². The average Bonchev–Trinajstić information content (AvgIpc) is 2.43. The van der Waals surface area contributed by atoms with Gasteiger partial charge in [-0.05, 0) is 78.7 Å². The number of hydrogen-bond donors (Lipinski definition) is 2. The van der Waals surface area contributed by atoms with Gasteiger partial charge >= 0.3 is 18.0 Å². The predicted octanol–water partition coefficient (Wildman–Crippen LogP) is 3.99. The number of ether oxygens (including phenoxy) is 2. The maximum atomic E-state index is 12.4. The number of carboxylic acids is 1. The molecule has 162 valence electrons. The average molecular weight is 418 g/mol. The van der Waals surface area contributed by atoms with Crippen LogP contribution in [0.5, 0.6) is 0 Å². The van der Waals surface area contributed by atoms with E-state index in [-0.39, 0.29) is 0 Å². The van der Waals surface area contributed by atoms with Crippen LogP contribution in [0.15, 0.2) is 0 Å². The van der Waals surface area contributed by atoms with Crippen molar-refractivity contribution in [1.29, 1.82) is 0 Å². The van der Waals surface area contributed by atoms with Gasteiger partial charge in [-0.1, -0.05) is 6.42 Å². The molecule has 0 saturated heterocycles. The molecule has 0 aromatic rings. The van der Waals surface area contributed by atoms with Gasteiger partial charge in [-0.15, -0.1) is 0 Å². The Balaban J connectivity index is 2.53. The molecule has 0 aromatic heterocycles. The highest BCUT2D eigenvalue weighted by Gasteiger charge is 2.43. The van der Waals surface area contributed by atoms with Crippen LogP contribution in [-0.2, 0) is 19.1 Å². The first kappa shape index (κ1) is 24.6. The van der Waals surface area contributed by atoms with Gasteiger partial charge in [-0.25, -0.2) is 9.59 Å². The number of thioether (sulfide) groups is 1. The fourth-order valence-corrected chi connectivity index (χ4v) is 3.96. The summed E-state index contributed by atoms with van der Waals surface area (Å²) in [5, 5.41) is 12.0. The molecule has 1 amide bonds. The number of aliphatic carboxylic acids is 1. The number of carboxylic acid groups (broad SMARTS) is 1. The third-order valence-electron chi connectivity index (χ3n) is 4.42. The molecule has 1 fully saturated rings. The van der Waals surface area contributed by atoms with E-state index in [9.17, 15) is 19.5 Å². The maximum absolute atomic E-state index is 12.4. The van der Waals surface area contributed by atoms with Gasteiger partial charge in [0.05, 0.1) is 5.41 Å². The van der Waals surface area contributed by atoms with Gasteiger partial charge in [0.15, 0.2) is 0 Å². The van der Waals surface area contributed by atoms with E-state index in [1.807, 2.05) is 0 Å². The van der Waals surface area contributed by atoms with Crippen LogP contribution in [0.4, 0.5) is 4.79 Å². The van der Waals surface area contributed by atoms with Crippen molar-refractivity contribution in [3.8, 4) is 0 Å². The second-order valence-corrected chi connectivity index (χ2v) is 10.5. The summed E-state index contributed by atoms with van der Waals surface area (Å²) in [6, 6.07) is -0.807. The normalized spacial score (nSPS) is 17.2. The first-order valence-corrected chi connectivity index (χ1v) is 10.9. The Labute approximate surface area is 172 Å². The molecule has 1 atom stereocenters. The Hall–Kier alpha value is -1.44. The largest absolute Gasteiger partial charge is 0.481 e. The van der Waals surface area contributed by atoms with Crippen molar-refractivity contribution < 1.29 is 29.0 Å². The Morgan fingerprint density at radius 1 is 1.04 bits per heavy atom. The monoisotopic (exact) mass is 417 g/mol. The lowest BCUT2D eigenvalue weighted by Gasteiger charge is -2.37. The second-order valence-electron chi connectivity index (χ2n) is 9.32. The highest BCUT2D eigenvalue weighted by atomic mass is 32.2. The molecular formula is C20H35NO6S. The van der Waals surface area contributed by atoms with Crippen molar-refractivity contribution in [2.45, 2.75) is 90.9 Å². The van der Waals surface area contributed by atoms with Gasteiger partial charge < -0.3 is 19.9 Å². The Morgan fingerprint density at radius 3 is 2.04 bits per heavy atom. The molecule has 2 N–H and O–H groups in total. The van der Waals surface area contributed by atoms with E-state index in [0.717, 1.165) is 19.3 Å². The van der Waals surface area contributed by atoms with E-state index >= 15 is 0 Å². The Bertz CT molecular complexity index is 560. The van der Waals surface area contributed by atoms with Crippen molar-refractivity contribution in [1.82, 2.24) is 5.32 Å². The quantitative estimate of drug-likeness (QED) is 0.432. The summed E-state index contributed by atoms with van der Waals surface area (Å²) >= 11 is 1.59. The summed E-state index contributed by atoms with van der Waals surface area (Å²) in [5.74, 6) is 0.104. The molecule has 8 heteroatoms. The molecule has 28 heavy (non-hydrogen) atoms. The SMILES string of the molecule is CC(C)(C)OC(=O)N[C@@H](CCSCCC1(C(=O)O)CCC1)C(=O)OC(C)(C)C. The number of hydrogen-bond acceptors (Lipinski definition) is 6. The minimum absolute atomic E-state index is 0.388. The minimum atomic E-state index is -0.807. The lowest BCUT2D eigenvalue weighted by Crippen LogP contribution is -2.46. The van der Waals surface area contributed by atoms with E-state index < -0.39 is 40.7 Å². The molecular weight excluding hydrogens is 382 g/mol. The molecule has 0 unspecified atom stereocenters. The molecule has 0 radical (unpaired) electrons. The van der Waals surface area contributed by atoms with Gasteiger partial charge in [-0.3, -0.25) is 4.79 Å². The Kier molecular flexibility index (Phi) is 8.65. The van der Waals surface area contributed by atoms with Gasteiger partial charge in [0, 0.05) is 0 Å². The summed E-state index contributed by atoms with van der Waals surface area (Å²) in [6.45, 7) is 10.6. The second kappa shape index (κ2) is 9.85. The molecule has 0 aromatic carbocycles. The molecule has 0 aliphatic heterocycles. The first-order valence-electron chi connectivity index (χ1n) is 9.78. The number of carbonyl (C=O) groups excluding carboxylic acids is 2. The van der Waals surface area contributed by atoms with Crippen LogP contribution < -0.4 is 5.32 Å². The standard InChI is InChI=1S/C20H35NO6S/c1-18(2,3)26-15(22)14(21-17(25)27-19(4,5)6)8-12-28-13-11-20(16(23)24)9-7-10-20/h14H,7-13H2,1-6H3,(H,21,25)(H,23,24)/t14-/m0/s1. The van der Waals surface area contributed by atoms with E-state index in [0.29, 0.717) is 24.3 Å². The number of rotatable bonds is 9. The van der Waals surface area contributed by atoms with Gasteiger partial charge in [-0.2, -0.15) is 11.8 Å². The van der Waals surface area contributed by atoms with Crippen LogP contribution >= 0.6 is 11.8 Å². The molecule has 1 saturated carbocycles. The highest BCUT2D eigenvalue weighted by molar-refractivity contribution is 7.99. The molecule has 0 heterocycles. The van der Waals surface area contributed by atoms with Crippen LogP contribution in [0.3, 0.4) is 0 Å². The van der Waals surface area contributed by atoms with Crippen molar-refractivity contribution >= 4 is 29.8 Å². The van der Waals surface area contributed by atoms with E-state index in [1.54, 1.807) is 53.3 Å². The highest BCUT2D eigenvalue weighted by Crippen LogP contribution is 2.44. The van der Waals surface area contributed by atoms with Crippen molar-refractivity contribution in [3.05, 3.63) is 0 Å². The van der Waals surface area contributed by atoms with E-state index in [2.05, 4.69) is 5.32 Å². The number of carbonyl (C=O) groups is 3. The zero-order chi connectivity index (χ0) is 21.6. The molecule has 7 nitrogen and oxygen atoms in total. The summed E-state index contributed by atoms with van der Waals surface area (Å²) in [7, 11) is 0. The Morgan fingerprint density at radius 2 is 1.61 bits per heavy atom. The molecule has 1 aliphatic carbocycles. The van der Waals surface area contributed by atoms with Gasteiger partial charge in [0.1, 0.15) is 17.2 Å².